The van der Waals surface area contributed by atoms with Crippen LogP contribution >= 0.6 is 11.3 Å². The molecule has 4 nitrogen and oxygen atoms in total. The van der Waals surface area contributed by atoms with E-state index in [4.69, 9.17) is 4.74 Å². The van der Waals surface area contributed by atoms with E-state index in [9.17, 15) is 0 Å². The van der Waals surface area contributed by atoms with E-state index in [1.165, 1.54) is 11.3 Å². The zero-order valence-corrected chi connectivity index (χ0v) is 15.4. The van der Waals surface area contributed by atoms with Gasteiger partial charge < -0.3 is 4.74 Å². The molecule has 128 valence electrons. The van der Waals surface area contributed by atoms with Crippen LogP contribution < -0.4 is 10.2 Å². The number of aromatic nitrogens is 1. The number of rotatable bonds is 5. The lowest BCUT2D eigenvalue weighted by atomic mass is 10.2. The predicted octanol–water partition coefficient (Wildman–Crippen LogP) is 5.43. The standard InChI is InChI=1S/C20H21N3OS/c1-20(2,3)24-17-11-9-15(10-12-17)13-21-23-19-22-18(14-25-19)16-7-5-4-6-8-16/h4-14H,1-3H3,(H,22,23). The molecule has 0 aliphatic rings. The molecule has 0 bridgehead atoms. The number of anilines is 1. The van der Waals surface area contributed by atoms with Gasteiger partial charge in [0.1, 0.15) is 11.4 Å². The number of nitrogens with zero attached hydrogens (tertiary/aromatic N) is 2. The Hall–Kier alpha value is -2.66. The quantitative estimate of drug-likeness (QED) is 0.492. The van der Waals surface area contributed by atoms with Gasteiger partial charge in [0, 0.05) is 10.9 Å². The third-order valence-corrected chi connectivity index (χ3v) is 4.00. The Kier molecular flexibility index (Phi) is 5.14. The first-order chi connectivity index (χ1) is 12.0. The van der Waals surface area contributed by atoms with Crippen LogP contribution in [0.4, 0.5) is 5.13 Å². The van der Waals surface area contributed by atoms with Crippen LogP contribution in [0.15, 0.2) is 65.1 Å². The Labute approximate surface area is 152 Å². The summed E-state index contributed by atoms with van der Waals surface area (Å²) in [6, 6.07) is 17.9. The van der Waals surface area contributed by atoms with Crippen LogP contribution in [0.3, 0.4) is 0 Å². The van der Waals surface area contributed by atoms with Gasteiger partial charge in [-0.05, 0) is 50.6 Å². The van der Waals surface area contributed by atoms with E-state index < -0.39 is 0 Å². The summed E-state index contributed by atoms with van der Waals surface area (Å²) in [5.74, 6) is 0.852. The molecule has 0 spiro atoms. The van der Waals surface area contributed by atoms with Crippen LogP contribution in [0.5, 0.6) is 5.75 Å². The molecule has 0 aliphatic carbocycles. The van der Waals surface area contributed by atoms with Crippen molar-refractivity contribution in [1.82, 2.24) is 4.98 Å². The Balaban J connectivity index is 1.59. The summed E-state index contributed by atoms with van der Waals surface area (Å²) in [6.45, 7) is 6.10. The van der Waals surface area contributed by atoms with Crippen molar-refractivity contribution in [2.45, 2.75) is 26.4 Å². The van der Waals surface area contributed by atoms with Crippen LogP contribution in [-0.4, -0.2) is 16.8 Å². The minimum Gasteiger partial charge on any atom is -0.488 e. The number of hydrogen-bond donors (Lipinski definition) is 1. The fraction of sp³-hybridized carbons (Fsp3) is 0.200. The lowest BCUT2D eigenvalue weighted by Crippen LogP contribution is -2.22. The van der Waals surface area contributed by atoms with Gasteiger partial charge in [-0.15, -0.1) is 11.3 Å². The molecule has 0 unspecified atom stereocenters. The summed E-state index contributed by atoms with van der Waals surface area (Å²) < 4.78 is 5.81. The Morgan fingerprint density at radius 2 is 1.76 bits per heavy atom. The third-order valence-electron chi connectivity index (χ3n) is 3.25. The number of nitrogens with one attached hydrogen (secondary N) is 1. The molecule has 5 heteroatoms. The first kappa shape index (κ1) is 17.2. The monoisotopic (exact) mass is 351 g/mol. The fourth-order valence-electron chi connectivity index (χ4n) is 2.20. The maximum absolute atomic E-state index is 5.81. The second kappa shape index (κ2) is 7.49. The Bertz CT molecular complexity index is 833. The van der Waals surface area contributed by atoms with E-state index in [1.807, 2.05) is 80.7 Å². The molecule has 25 heavy (non-hydrogen) atoms. The normalized spacial score (nSPS) is 11.6. The van der Waals surface area contributed by atoms with Crippen LogP contribution in [0, 0.1) is 0 Å². The topological polar surface area (TPSA) is 46.5 Å². The summed E-state index contributed by atoms with van der Waals surface area (Å²) in [4.78, 5) is 4.54. The highest BCUT2D eigenvalue weighted by atomic mass is 32.1. The molecule has 2 aromatic carbocycles. The second-order valence-corrected chi connectivity index (χ2v) is 7.42. The number of hydrogen-bond acceptors (Lipinski definition) is 5. The zero-order chi connectivity index (χ0) is 17.7. The van der Waals surface area contributed by atoms with Crippen LogP contribution in [0.1, 0.15) is 26.3 Å². The van der Waals surface area contributed by atoms with Gasteiger partial charge in [0.05, 0.1) is 11.9 Å². The summed E-state index contributed by atoms with van der Waals surface area (Å²) in [7, 11) is 0. The summed E-state index contributed by atoms with van der Waals surface area (Å²) in [5, 5.41) is 7.04. The van der Waals surface area contributed by atoms with Crippen LogP contribution in [-0.2, 0) is 0 Å². The maximum Gasteiger partial charge on any atom is 0.203 e. The molecule has 1 aromatic heterocycles. The largest absolute Gasteiger partial charge is 0.488 e. The third kappa shape index (κ3) is 5.16. The zero-order valence-electron chi connectivity index (χ0n) is 14.6. The molecule has 3 rings (SSSR count). The molecule has 1 heterocycles. The molecule has 0 saturated heterocycles. The van der Waals surface area contributed by atoms with Gasteiger partial charge in [0.25, 0.3) is 0 Å². The molecular weight excluding hydrogens is 330 g/mol. The predicted molar refractivity (Wildman–Crippen MR) is 106 cm³/mol. The molecule has 0 atom stereocenters. The van der Waals surface area contributed by atoms with E-state index in [1.54, 1.807) is 6.21 Å². The van der Waals surface area contributed by atoms with Gasteiger partial charge >= 0.3 is 0 Å². The van der Waals surface area contributed by atoms with Gasteiger partial charge in [-0.2, -0.15) is 5.10 Å². The number of thiazole rings is 1. The number of hydrazone groups is 1. The highest BCUT2D eigenvalue weighted by Crippen LogP contribution is 2.24. The minimum atomic E-state index is -0.196. The summed E-state index contributed by atoms with van der Waals surface area (Å²) in [6.07, 6.45) is 1.77. The first-order valence-electron chi connectivity index (χ1n) is 8.09. The van der Waals surface area contributed by atoms with E-state index >= 15 is 0 Å². The van der Waals surface area contributed by atoms with Gasteiger partial charge in [-0.1, -0.05) is 30.3 Å². The molecule has 1 N–H and O–H groups in total. The lowest BCUT2D eigenvalue weighted by Gasteiger charge is -2.21. The van der Waals surface area contributed by atoms with Crippen LogP contribution in [0.25, 0.3) is 11.3 Å². The minimum absolute atomic E-state index is 0.196. The summed E-state index contributed by atoms with van der Waals surface area (Å²) in [5.41, 5.74) is 5.83. The van der Waals surface area contributed by atoms with Crippen molar-refractivity contribution in [2.24, 2.45) is 5.10 Å². The van der Waals surface area contributed by atoms with Crippen molar-refractivity contribution in [1.29, 1.82) is 0 Å². The molecule has 0 aliphatic heterocycles. The average Bonchev–Trinajstić information content (AvgIpc) is 3.05. The second-order valence-electron chi connectivity index (χ2n) is 6.56. The molecule has 0 saturated carbocycles. The van der Waals surface area contributed by atoms with Gasteiger partial charge in [0.15, 0.2) is 0 Å². The van der Waals surface area contributed by atoms with Gasteiger partial charge in [-0.3, -0.25) is 5.43 Å². The number of benzene rings is 2. The summed E-state index contributed by atoms with van der Waals surface area (Å²) >= 11 is 1.53. The van der Waals surface area contributed by atoms with Crippen molar-refractivity contribution >= 4 is 22.7 Å². The fourth-order valence-corrected chi connectivity index (χ4v) is 2.87. The maximum atomic E-state index is 5.81. The first-order valence-corrected chi connectivity index (χ1v) is 8.97. The lowest BCUT2D eigenvalue weighted by molar-refractivity contribution is 0.131. The highest BCUT2D eigenvalue weighted by Gasteiger charge is 2.11. The highest BCUT2D eigenvalue weighted by molar-refractivity contribution is 7.14. The molecule has 0 amide bonds. The van der Waals surface area contributed by atoms with E-state index in [0.29, 0.717) is 0 Å². The van der Waals surface area contributed by atoms with Crippen molar-refractivity contribution in [2.75, 3.05) is 5.43 Å². The van der Waals surface area contributed by atoms with Crippen molar-refractivity contribution < 1.29 is 4.74 Å². The van der Waals surface area contributed by atoms with Crippen LogP contribution in [0.2, 0.25) is 0 Å². The Morgan fingerprint density at radius 1 is 1.04 bits per heavy atom. The van der Waals surface area contributed by atoms with E-state index in [0.717, 1.165) is 27.7 Å². The SMILES string of the molecule is CC(C)(C)Oc1ccc(C=NNc2nc(-c3ccccc3)cs2)cc1. The van der Waals surface area contributed by atoms with Gasteiger partial charge in [0.2, 0.25) is 5.13 Å². The molecule has 0 fully saturated rings. The van der Waals surface area contributed by atoms with Crippen molar-refractivity contribution in [3.8, 4) is 17.0 Å². The smallest absolute Gasteiger partial charge is 0.203 e. The van der Waals surface area contributed by atoms with Crippen molar-refractivity contribution in [3.05, 3.63) is 65.5 Å². The average molecular weight is 351 g/mol. The molecular formula is C20H21N3OS. The number of ether oxygens (including phenoxy) is 1. The Morgan fingerprint density at radius 3 is 2.44 bits per heavy atom. The van der Waals surface area contributed by atoms with Crippen molar-refractivity contribution in [3.63, 3.8) is 0 Å². The molecule has 3 aromatic rings. The molecule has 0 radical (unpaired) electrons. The van der Waals surface area contributed by atoms with Gasteiger partial charge in [-0.25, -0.2) is 4.98 Å². The van der Waals surface area contributed by atoms with E-state index in [-0.39, 0.29) is 5.60 Å². The van der Waals surface area contributed by atoms with E-state index in [2.05, 4.69) is 15.5 Å².